The van der Waals surface area contributed by atoms with Gasteiger partial charge in [-0.1, -0.05) is 13.8 Å². The second-order valence-electron chi connectivity index (χ2n) is 3.94. The third-order valence-corrected chi connectivity index (χ3v) is 2.13. The van der Waals surface area contributed by atoms with Crippen molar-refractivity contribution < 1.29 is 17.9 Å². The summed E-state index contributed by atoms with van der Waals surface area (Å²) in [7, 11) is 0. The van der Waals surface area contributed by atoms with Crippen molar-refractivity contribution in [1.82, 2.24) is 4.98 Å². The molecule has 1 rings (SSSR count). The molecule has 0 atom stereocenters. The van der Waals surface area contributed by atoms with Crippen molar-refractivity contribution >= 4 is 0 Å². The van der Waals surface area contributed by atoms with Gasteiger partial charge >= 0.3 is 6.18 Å². The number of aryl methyl sites for hydroxylation is 1. The predicted octanol–water partition coefficient (Wildman–Crippen LogP) is 3.45. The number of nitrogens with zero attached hydrogens (tertiary/aromatic N) is 1. The van der Waals surface area contributed by atoms with Gasteiger partial charge in [0.15, 0.2) is 6.61 Å². The molecule has 5 heteroatoms. The molecule has 16 heavy (non-hydrogen) atoms. The minimum atomic E-state index is -4.33. The maximum absolute atomic E-state index is 11.9. The second-order valence-corrected chi connectivity index (χ2v) is 3.94. The molecule has 0 saturated carbocycles. The lowest BCUT2D eigenvalue weighted by atomic mass is 10.0. The van der Waals surface area contributed by atoms with Gasteiger partial charge < -0.3 is 4.74 Å². The zero-order chi connectivity index (χ0) is 12.3. The van der Waals surface area contributed by atoms with Crippen LogP contribution in [0.25, 0.3) is 0 Å². The molecule has 0 bridgehead atoms. The zero-order valence-corrected chi connectivity index (χ0v) is 9.43. The normalized spacial score (nSPS) is 11.9. The summed E-state index contributed by atoms with van der Waals surface area (Å²) in [4.78, 5) is 3.80. The van der Waals surface area contributed by atoms with Crippen molar-refractivity contribution in [2.75, 3.05) is 6.61 Å². The maximum atomic E-state index is 11.9. The molecule has 0 unspecified atom stereocenters. The summed E-state index contributed by atoms with van der Waals surface area (Å²) in [6.07, 6.45) is -2.80. The molecule has 0 spiro atoms. The van der Waals surface area contributed by atoms with E-state index in [0.29, 0.717) is 0 Å². The number of hydrogen-bond acceptors (Lipinski definition) is 2. The minimum Gasteiger partial charge on any atom is -0.468 e. The Balaban J connectivity index is 2.79. The number of ether oxygens (including phenoxy) is 1. The zero-order valence-electron chi connectivity index (χ0n) is 9.43. The summed E-state index contributed by atoms with van der Waals surface area (Å²) in [5.41, 5.74) is 1.90. The molecular formula is C11H14F3NO. The molecule has 90 valence electrons. The van der Waals surface area contributed by atoms with Crippen LogP contribution in [0.4, 0.5) is 13.2 Å². The Labute approximate surface area is 92.5 Å². The first-order valence-electron chi connectivity index (χ1n) is 4.95. The summed E-state index contributed by atoms with van der Waals surface area (Å²) in [5.74, 6) is 0.253. The van der Waals surface area contributed by atoms with Crippen LogP contribution in [0.1, 0.15) is 30.9 Å². The summed E-state index contributed by atoms with van der Waals surface area (Å²) in [6.45, 7) is 4.50. The number of halogens is 3. The van der Waals surface area contributed by atoms with Crippen LogP contribution in [-0.4, -0.2) is 17.8 Å². The molecule has 0 aromatic carbocycles. The first-order chi connectivity index (χ1) is 7.29. The maximum Gasteiger partial charge on any atom is 0.422 e. The van der Waals surface area contributed by atoms with E-state index in [0.717, 1.165) is 11.1 Å². The predicted molar refractivity (Wildman–Crippen MR) is 54.6 cm³/mol. The standard InChI is InChI=1S/C11H14F3NO/c1-7(2)9-4-10(15-5-8(9)3)16-6-11(12,13)14/h4-5,7H,6H2,1-3H3. The third-order valence-electron chi connectivity index (χ3n) is 2.13. The molecule has 0 N–H and O–H groups in total. The molecule has 0 amide bonds. The van der Waals surface area contributed by atoms with Gasteiger partial charge in [0.2, 0.25) is 5.88 Å². The number of hydrogen-bond donors (Lipinski definition) is 0. The fourth-order valence-corrected chi connectivity index (χ4v) is 1.38. The Kier molecular flexibility index (Phi) is 3.78. The van der Waals surface area contributed by atoms with Gasteiger partial charge in [-0.05, 0) is 24.0 Å². The molecule has 0 saturated heterocycles. The highest BCUT2D eigenvalue weighted by Gasteiger charge is 2.28. The quantitative estimate of drug-likeness (QED) is 0.797. The molecule has 0 aliphatic rings. The van der Waals surface area contributed by atoms with Crippen LogP contribution in [0, 0.1) is 6.92 Å². The lowest BCUT2D eigenvalue weighted by molar-refractivity contribution is -0.154. The molecule has 2 nitrogen and oxygen atoms in total. The Morgan fingerprint density at radius 1 is 1.38 bits per heavy atom. The fraction of sp³-hybridized carbons (Fsp3) is 0.545. The molecule has 0 aliphatic heterocycles. The summed E-state index contributed by atoms with van der Waals surface area (Å²) >= 11 is 0. The highest BCUT2D eigenvalue weighted by Crippen LogP contribution is 2.23. The van der Waals surface area contributed by atoms with E-state index in [1.165, 1.54) is 6.20 Å². The van der Waals surface area contributed by atoms with Crippen molar-refractivity contribution in [3.05, 3.63) is 23.4 Å². The van der Waals surface area contributed by atoms with Gasteiger partial charge in [-0.3, -0.25) is 0 Å². The van der Waals surface area contributed by atoms with Gasteiger partial charge in [0, 0.05) is 12.3 Å². The summed E-state index contributed by atoms with van der Waals surface area (Å²) in [5, 5.41) is 0. The number of rotatable bonds is 3. The average molecular weight is 233 g/mol. The average Bonchev–Trinajstić information content (AvgIpc) is 2.14. The molecule has 0 aliphatic carbocycles. The van der Waals surface area contributed by atoms with Crippen molar-refractivity contribution in [1.29, 1.82) is 0 Å². The Bertz CT molecular complexity index is 361. The Morgan fingerprint density at radius 3 is 2.50 bits per heavy atom. The number of alkyl halides is 3. The van der Waals surface area contributed by atoms with Crippen molar-refractivity contribution in [2.45, 2.75) is 32.9 Å². The van der Waals surface area contributed by atoms with Gasteiger partial charge in [0.25, 0.3) is 0 Å². The van der Waals surface area contributed by atoms with Crippen molar-refractivity contribution in [2.24, 2.45) is 0 Å². The monoisotopic (exact) mass is 233 g/mol. The van der Waals surface area contributed by atoms with Crippen LogP contribution in [0.15, 0.2) is 12.3 Å². The number of pyridine rings is 1. The highest BCUT2D eigenvalue weighted by atomic mass is 19.4. The van der Waals surface area contributed by atoms with Crippen LogP contribution >= 0.6 is 0 Å². The topological polar surface area (TPSA) is 22.1 Å². The van der Waals surface area contributed by atoms with E-state index in [2.05, 4.69) is 9.72 Å². The first-order valence-corrected chi connectivity index (χ1v) is 4.95. The van der Waals surface area contributed by atoms with E-state index in [-0.39, 0.29) is 11.8 Å². The number of aromatic nitrogens is 1. The van der Waals surface area contributed by atoms with Crippen LogP contribution in [0.3, 0.4) is 0 Å². The molecule has 1 aromatic heterocycles. The van der Waals surface area contributed by atoms with Gasteiger partial charge in [0.1, 0.15) is 0 Å². The van der Waals surface area contributed by atoms with Gasteiger partial charge in [-0.2, -0.15) is 13.2 Å². The van der Waals surface area contributed by atoms with E-state index in [1.807, 2.05) is 20.8 Å². The Hall–Kier alpha value is -1.26. The molecule has 1 aromatic rings. The molecule has 0 fully saturated rings. The van der Waals surface area contributed by atoms with E-state index in [4.69, 9.17) is 0 Å². The lowest BCUT2D eigenvalue weighted by Gasteiger charge is -2.12. The second kappa shape index (κ2) is 4.72. The van der Waals surface area contributed by atoms with E-state index < -0.39 is 12.8 Å². The molecule has 1 heterocycles. The fourth-order valence-electron chi connectivity index (χ4n) is 1.38. The van der Waals surface area contributed by atoms with Crippen molar-refractivity contribution in [3.63, 3.8) is 0 Å². The van der Waals surface area contributed by atoms with E-state index >= 15 is 0 Å². The van der Waals surface area contributed by atoms with Crippen LogP contribution in [-0.2, 0) is 0 Å². The molecular weight excluding hydrogens is 219 g/mol. The largest absolute Gasteiger partial charge is 0.468 e. The van der Waals surface area contributed by atoms with Crippen LogP contribution < -0.4 is 4.74 Å². The van der Waals surface area contributed by atoms with Gasteiger partial charge in [-0.25, -0.2) is 4.98 Å². The molecule has 0 radical (unpaired) electrons. The SMILES string of the molecule is Cc1cnc(OCC(F)(F)F)cc1C(C)C. The van der Waals surface area contributed by atoms with E-state index in [9.17, 15) is 13.2 Å². The van der Waals surface area contributed by atoms with Gasteiger partial charge in [0.05, 0.1) is 0 Å². The summed E-state index contributed by atoms with van der Waals surface area (Å²) < 4.78 is 40.4. The van der Waals surface area contributed by atoms with E-state index in [1.54, 1.807) is 6.07 Å². The minimum absolute atomic E-state index is 0.0200. The third kappa shape index (κ3) is 3.72. The Morgan fingerprint density at radius 2 is 2.00 bits per heavy atom. The van der Waals surface area contributed by atoms with Crippen molar-refractivity contribution in [3.8, 4) is 5.88 Å². The summed E-state index contributed by atoms with van der Waals surface area (Å²) in [6, 6.07) is 1.56. The first kappa shape index (κ1) is 12.8. The lowest BCUT2D eigenvalue weighted by Crippen LogP contribution is -2.19. The highest BCUT2D eigenvalue weighted by molar-refractivity contribution is 5.30. The smallest absolute Gasteiger partial charge is 0.422 e. The van der Waals surface area contributed by atoms with Crippen LogP contribution in [0.2, 0.25) is 0 Å². The van der Waals surface area contributed by atoms with Gasteiger partial charge in [-0.15, -0.1) is 0 Å². The van der Waals surface area contributed by atoms with Crippen LogP contribution in [0.5, 0.6) is 5.88 Å².